The van der Waals surface area contributed by atoms with Crippen molar-refractivity contribution in [3.63, 3.8) is 0 Å². The van der Waals surface area contributed by atoms with Crippen LogP contribution >= 0.6 is 12.6 Å². The van der Waals surface area contributed by atoms with E-state index in [4.69, 9.17) is 4.74 Å². The van der Waals surface area contributed by atoms with Crippen LogP contribution in [0, 0.1) is 5.92 Å². The number of hydrogen-bond donors (Lipinski definition) is 2. The summed E-state index contributed by atoms with van der Waals surface area (Å²) in [5.74, 6) is 0.741. The fourth-order valence-corrected chi connectivity index (χ4v) is 2.72. The van der Waals surface area contributed by atoms with E-state index in [1.807, 2.05) is 0 Å². The van der Waals surface area contributed by atoms with Crippen molar-refractivity contribution >= 4 is 12.6 Å². The van der Waals surface area contributed by atoms with Crippen LogP contribution < -0.4 is 5.32 Å². The van der Waals surface area contributed by atoms with E-state index in [0.29, 0.717) is 11.4 Å². The Balaban J connectivity index is 2.16. The van der Waals surface area contributed by atoms with Gasteiger partial charge in [-0.2, -0.15) is 12.6 Å². The first kappa shape index (κ1) is 18.2. The number of thiol groups is 1. The Bertz CT molecular complexity index is 251. The van der Waals surface area contributed by atoms with E-state index in [1.165, 1.54) is 6.54 Å². The van der Waals surface area contributed by atoms with Gasteiger partial charge in [0.25, 0.3) is 0 Å². The molecule has 5 heteroatoms. The third-order valence-corrected chi connectivity index (χ3v) is 3.69. The largest absolute Gasteiger partial charge is 0.374 e. The van der Waals surface area contributed by atoms with Crippen LogP contribution in [0.15, 0.2) is 0 Å². The maximum atomic E-state index is 5.82. The van der Waals surface area contributed by atoms with Crippen molar-refractivity contribution < 1.29 is 4.74 Å². The van der Waals surface area contributed by atoms with Gasteiger partial charge in [0.2, 0.25) is 0 Å². The van der Waals surface area contributed by atoms with Crippen LogP contribution in [0.4, 0.5) is 0 Å². The normalized spacial score (nSPS) is 22.6. The number of nitrogens with zero attached hydrogens (tertiary/aromatic N) is 2. The molecular formula is C15H33N3OS. The van der Waals surface area contributed by atoms with Gasteiger partial charge in [-0.3, -0.25) is 4.90 Å². The van der Waals surface area contributed by atoms with Crippen molar-refractivity contribution in [1.29, 1.82) is 0 Å². The summed E-state index contributed by atoms with van der Waals surface area (Å²) in [5.41, 5.74) is 0. The summed E-state index contributed by atoms with van der Waals surface area (Å²) in [4.78, 5) is 4.95. The van der Waals surface area contributed by atoms with Crippen LogP contribution in [0.25, 0.3) is 0 Å². The summed E-state index contributed by atoms with van der Waals surface area (Å²) in [6, 6.07) is 0. The molecule has 1 unspecified atom stereocenters. The van der Waals surface area contributed by atoms with Crippen LogP contribution in [-0.4, -0.2) is 80.6 Å². The zero-order chi connectivity index (χ0) is 15.0. The molecule has 0 saturated carbocycles. The van der Waals surface area contributed by atoms with E-state index < -0.39 is 0 Å². The van der Waals surface area contributed by atoms with Crippen LogP contribution in [-0.2, 0) is 4.74 Å². The minimum absolute atomic E-state index is 0.325. The van der Waals surface area contributed by atoms with Gasteiger partial charge in [0.1, 0.15) is 0 Å². The molecule has 0 aromatic carbocycles. The quantitative estimate of drug-likeness (QED) is 0.626. The number of hydrogen-bond acceptors (Lipinski definition) is 5. The fourth-order valence-electron chi connectivity index (χ4n) is 2.59. The predicted octanol–water partition coefficient (Wildman–Crippen LogP) is 1.18. The molecule has 0 aromatic rings. The fraction of sp³-hybridized carbons (Fsp3) is 1.00. The van der Waals surface area contributed by atoms with Gasteiger partial charge in [0.05, 0.1) is 12.7 Å². The molecule has 120 valence electrons. The molecule has 1 aliphatic rings. The maximum absolute atomic E-state index is 5.82. The predicted molar refractivity (Wildman–Crippen MR) is 89.8 cm³/mol. The van der Waals surface area contributed by atoms with E-state index in [1.54, 1.807) is 0 Å². The molecule has 0 radical (unpaired) electrons. The van der Waals surface area contributed by atoms with Crippen molar-refractivity contribution in [3.05, 3.63) is 0 Å². The monoisotopic (exact) mass is 303 g/mol. The SMILES string of the molecule is CC(C)CN(C)CCN1CCO[C@H](CNCC(C)S)C1. The lowest BCUT2D eigenvalue weighted by Gasteiger charge is -2.34. The van der Waals surface area contributed by atoms with Crippen LogP contribution in [0.1, 0.15) is 20.8 Å². The topological polar surface area (TPSA) is 27.7 Å². The number of nitrogens with one attached hydrogen (secondary N) is 1. The average molecular weight is 304 g/mol. The molecule has 0 aromatic heterocycles. The van der Waals surface area contributed by atoms with Gasteiger partial charge in [-0.25, -0.2) is 0 Å². The summed E-state index contributed by atoms with van der Waals surface area (Å²) in [6.07, 6.45) is 0.325. The number of ether oxygens (including phenoxy) is 1. The van der Waals surface area contributed by atoms with E-state index in [-0.39, 0.29) is 0 Å². The summed E-state index contributed by atoms with van der Waals surface area (Å²) >= 11 is 4.38. The highest BCUT2D eigenvalue weighted by atomic mass is 32.1. The second kappa shape index (κ2) is 10.0. The Hall–Kier alpha value is 0.190. The molecule has 1 rings (SSSR count). The number of rotatable bonds is 9. The highest BCUT2D eigenvalue weighted by Crippen LogP contribution is 2.05. The molecule has 0 bridgehead atoms. The highest BCUT2D eigenvalue weighted by molar-refractivity contribution is 7.80. The zero-order valence-corrected chi connectivity index (χ0v) is 14.5. The lowest BCUT2D eigenvalue weighted by molar-refractivity contribution is -0.0287. The maximum Gasteiger partial charge on any atom is 0.0826 e. The minimum atomic E-state index is 0.325. The molecule has 4 nitrogen and oxygen atoms in total. The number of morpholine rings is 1. The molecule has 1 aliphatic heterocycles. The second-order valence-electron chi connectivity index (χ2n) is 6.46. The van der Waals surface area contributed by atoms with Gasteiger partial charge in [0, 0.05) is 51.1 Å². The molecule has 2 atom stereocenters. The minimum Gasteiger partial charge on any atom is -0.374 e. The number of likely N-dealkylation sites (N-methyl/N-ethyl adjacent to an activating group) is 1. The Morgan fingerprint density at radius 3 is 2.80 bits per heavy atom. The van der Waals surface area contributed by atoms with Crippen molar-refractivity contribution in [2.24, 2.45) is 5.92 Å². The van der Waals surface area contributed by atoms with Crippen LogP contribution in [0.3, 0.4) is 0 Å². The van der Waals surface area contributed by atoms with Crippen molar-refractivity contribution in [1.82, 2.24) is 15.1 Å². The third kappa shape index (κ3) is 8.47. The molecule has 1 fully saturated rings. The van der Waals surface area contributed by atoms with Crippen molar-refractivity contribution in [2.75, 3.05) is 59.5 Å². The van der Waals surface area contributed by atoms with Crippen molar-refractivity contribution in [2.45, 2.75) is 32.1 Å². The molecule has 1 saturated heterocycles. The van der Waals surface area contributed by atoms with E-state index >= 15 is 0 Å². The van der Waals surface area contributed by atoms with E-state index in [2.05, 4.69) is 55.6 Å². The third-order valence-electron chi connectivity index (χ3n) is 3.51. The Kier molecular flexibility index (Phi) is 9.13. The first-order chi connectivity index (χ1) is 9.47. The summed E-state index contributed by atoms with van der Waals surface area (Å²) in [5, 5.41) is 3.83. The van der Waals surface area contributed by atoms with E-state index in [9.17, 15) is 0 Å². The summed E-state index contributed by atoms with van der Waals surface area (Å²) in [6.45, 7) is 15.0. The van der Waals surface area contributed by atoms with Crippen molar-refractivity contribution in [3.8, 4) is 0 Å². The Morgan fingerprint density at radius 2 is 2.15 bits per heavy atom. The lowest BCUT2D eigenvalue weighted by atomic mass is 10.2. The summed E-state index contributed by atoms with van der Waals surface area (Å²) in [7, 11) is 2.22. The lowest BCUT2D eigenvalue weighted by Crippen LogP contribution is -2.49. The highest BCUT2D eigenvalue weighted by Gasteiger charge is 2.20. The summed E-state index contributed by atoms with van der Waals surface area (Å²) < 4.78 is 5.82. The Morgan fingerprint density at radius 1 is 1.40 bits per heavy atom. The Labute approximate surface area is 130 Å². The molecular weight excluding hydrogens is 270 g/mol. The average Bonchev–Trinajstić information content (AvgIpc) is 2.36. The van der Waals surface area contributed by atoms with E-state index in [0.717, 1.165) is 51.8 Å². The molecule has 0 amide bonds. The standard InChI is InChI=1S/C15H33N3OS/c1-13(2)11-17(4)5-6-18-7-8-19-15(12-18)10-16-9-14(3)20/h13-16,20H,5-12H2,1-4H3/t14?,15-/m1/s1. The van der Waals surface area contributed by atoms with Gasteiger partial charge in [-0.05, 0) is 13.0 Å². The molecule has 1 heterocycles. The van der Waals surface area contributed by atoms with Gasteiger partial charge < -0.3 is 15.0 Å². The van der Waals surface area contributed by atoms with Gasteiger partial charge in [-0.15, -0.1) is 0 Å². The molecule has 1 N–H and O–H groups in total. The zero-order valence-electron chi connectivity index (χ0n) is 13.6. The molecule has 20 heavy (non-hydrogen) atoms. The first-order valence-corrected chi connectivity index (χ1v) is 8.40. The molecule has 0 aliphatic carbocycles. The van der Waals surface area contributed by atoms with Gasteiger partial charge in [0.15, 0.2) is 0 Å². The smallest absolute Gasteiger partial charge is 0.0826 e. The van der Waals surface area contributed by atoms with Gasteiger partial charge >= 0.3 is 0 Å². The van der Waals surface area contributed by atoms with Crippen LogP contribution in [0.2, 0.25) is 0 Å². The van der Waals surface area contributed by atoms with Crippen LogP contribution in [0.5, 0.6) is 0 Å². The van der Waals surface area contributed by atoms with Gasteiger partial charge in [-0.1, -0.05) is 20.8 Å². The second-order valence-corrected chi connectivity index (χ2v) is 7.34. The first-order valence-electron chi connectivity index (χ1n) is 7.88. The molecule has 0 spiro atoms.